The zero-order valence-electron chi connectivity index (χ0n) is 17.8. The minimum absolute atomic E-state index is 0.0127. The molecule has 0 amide bonds. The third-order valence-electron chi connectivity index (χ3n) is 7.53. The van der Waals surface area contributed by atoms with E-state index in [0.29, 0.717) is 29.4 Å². The van der Waals surface area contributed by atoms with E-state index in [1.54, 1.807) is 10.7 Å². The maximum absolute atomic E-state index is 14.5. The predicted molar refractivity (Wildman–Crippen MR) is 116 cm³/mol. The van der Waals surface area contributed by atoms with Crippen molar-refractivity contribution >= 4 is 11.5 Å². The van der Waals surface area contributed by atoms with Gasteiger partial charge in [0.05, 0.1) is 17.8 Å². The van der Waals surface area contributed by atoms with Crippen molar-refractivity contribution in [1.29, 1.82) is 0 Å². The maximum Gasteiger partial charge on any atom is 0.168 e. The molecule has 3 aromatic heterocycles. The number of H-pyrrole nitrogens is 1. The average Bonchev–Trinajstić information content (AvgIpc) is 3.50. The number of fused-ring (bicyclic) bond motifs is 1. The molecule has 1 aromatic carbocycles. The number of halogens is 2. The second-order valence-electron chi connectivity index (χ2n) is 9.82. The van der Waals surface area contributed by atoms with Crippen LogP contribution in [0.3, 0.4) is 0 Å². The van der Waals surface area contributed by atoms with Crippen LogP contribution in [-0.2, 0) is 5.41 Å². The summed E-state index contributed by atoms with van der Waals surface area (Å²) in [6.45, 7) is 0.711. The molecular formula is C23H22F2N8. The zero-order valence-corrected chi connectivity index (χ0v) is 17.8. The Balaban J connectivity index is 1.24. The van der Waals surface area contributed by atoms with Crippen molar-refractivity contribution in [2.75, 3.05) is 11.4 Å². The molecule has 1 aliphatic heterocycles. The minimum Gasteiger partial charge on any atom is -0.349 e. The molecule has 4 fully saturated rings. The lowest BCUT2D eigenvalue weighted by molar-refractivity contribution is -0.0650. The molecule has 4 heterocycles. The Labute approximate surface area is 187 Å². The first-order valence-electron chi connectivity index (χ1n) is 11.2. The smallest absolute Gasteiger partial charge is 0.168 e. The van der Waals surface area contributed by atoms with Crippen LogP contribution in [0.1, 0.15) is 49.5 Å². The van der Waals surface area contributed by atoms with E-state index in [-0.39, 0.29) is 17.0 Å². The van der Waals surface area contributed by atoms with E-state index in [1.807, 2.05) is 17.2 Å². The largest absolute Gasteiger partial charge is 0.349 e. The number of nitrogens with one attached hydrogen (secondary N) is 1. The average molecular weight is 448 g/mol. The number of anilines is 1. The minimum atomic E-state index is -0.440. The number of aromatic amines is 1. The van der Waals surface area contributed by atoms with E-state index in [4.69, 9.17) is 10.7 Å². The highest BCUT2D eigenvalue weighted by Crippen LogP contribution is 2.65. The summed E-state index contributed by atoms with van der Waals surface area (Å²) in [5.41, 5.74) is 7.97. The highest BCUT2D eigenvalue weighted by molar-refractivity contribution is 5.73. The van der Waals surface area contributed by atoms with Gasteiger partial charge in [0.2, 0.25) is 0 Å². The highest BCUT2D eigenvalue weighted by Gasteiger charge is 2.68. The first-order chi connectivity index (χ1) is 15.9. The summed E-state index contributed by atoms with van der Waals surface area (Å²) < 4.78 is 30.0. The molecule has 3 aliphatic carbocycles. The summed E-state index contributed by atoms with van der Waals surface area (Å²) in [6.07, 6.45) is 7.98. The number of benzene rings is 1. The summed E-state index contributed by atoms with van der Waals surface area (Å²) in [4.78, 5) is 10.2. The second kappa shape index (κ2) is 6.34. The first kappa shape index (κ1) is 19.1. The fraction of sp³-hybridized carbons (Fsp3) is 0.391. The van der Waals surface area contributed by atoms with Gasteiger partial charge in [-0.15, -0.1) is 10.2 Å². The summed E-state index contributed by atoms with van der Waals surface area (Å²) in [6, 6.07) is 5.20. The number of rotatable bonds is 4. The van der Waals surface area contributed by atoms with Gasteiger partial charge in [-0.05, 0) is 56.4 Å². The summed E-state index contributed by atoms with van der Waals surface area (Å²) in [5, 5.41) is 13.2. The van der Waals surface area contributed by atoms with Gasteiger partial charge in [-0.3, -0.25) is 0 Å². The number of nitrogens with zero attached hydrogens (tertiary/aromatic N) is 6. The van der Waals surface area contributed by atoms with Crippen molar-refractivity contribution in [1.82, 2.24) is 29.8 Å². The maximum atomic E-state index is 14.5. The van der Waals surface area contributed by atoms with Crippen molar-refractivity contribution in [3.63, 3.8) is 0 Å². The van der Waals surface area contributed by atoms with Crippen LogP contribution in [0.4, 0.5) is 14.6 Å². The molecule has 8 nitrogen and oxygen atoms in total. The lowest BCUT2D eigenvalue weighted by atomic mass is 9.39. The molecule has 0 spiro atoms. The van der Waals surface area contributed by atoms with Crippen LogP contribution < -0.4 is 10.6 Å². The Hall–Kier alpha value is -3.40. The van der Waals surface area contributed by atoms with Gasteiger partial charge in [0.1, 0.15) is 23.3 Å². The SMILES string of the molecule is NC12CC(c3nnc(-c4cnn5ccc(N6CCC[C@@H]6c6cc(F)ccc6F)nc45)[nH]3)(C1)C2. The molecular weight excluding hydrogens is 426 g/mol. The molecule has 33 heavy (non-hydrogen) atoms. The normalized spacial score (nSPS) is 28.2. The van der Waals surface area contributed by atoms with Gasteiger partial charge < -0.3 is 15.6 Å². The Morgan fingerprint density at radius 2 is 1.97 bits per heavy atom. The van der Waals surface area contributed by atoms with Crippen molar-refractivity contribution in [3.8, 4) is 11.4 Å². The van der Waals surface area contributed by atoms with Crippen LogP contribution in [0.2, 0.25) is 0 Å². The molecule has 3 saturated carbocycles. The van der Waals surface area contributed by atoms with Crippen LogP contribution in [0, 0.1) is 11.6 Å². The molecule has 1 saturated heterocycles. The molecule has 0 radical (unpaired) electrons. The van der Waals surface area contributed by atoms with E-state index >= 15 is 0 Å². The number of aromatic nitrogens is 6. The Morgan fingerprint density at radius 3 is 2.79 bits per heavy atom. The molecule has 3 N–H and O–H groups in total. The summed E-state index contributed by atoms with van der Waals surface area (Å²) in [5.74, 6) is 1.35. The quantitative estimate of drug-likeness (QED) is 0.497. The molecule has 4 aromatic rings. The standard InChI is InChI=1S/C23H22F2N8/c24-13-3-4-16(25)14(8-13)17-2-1-6-32(17)18-5-7-33-20(28-18)15(9-27-33)19-29-21(31-30-19)22-10-23(26,11-22)12-22/h3-5,7-9,17H,1-2,6,10-12,26H2,(H,29,30,31)/t17-,22?,23?/m1/s1. The first-order valence-corrected chi connectivity index (χ1v) is 11.2. The van der Waals surface area contributed by atoms with Gasteiger partial charge in [-0.25, -0.2) is 18.3 Å². The topological polar surface area (TPSA) is 101 Å². The Kier molecular flexibility index (Phi) is 3.67. The van der Waals surface area contributed by atoms with Gasteiger partial charge >= 0.3 is 0 Å². The molecule has 168 valence electrons. The van der Waals surface area contributed by atoms with Gasteiger partial charge in [0.25, 0.3) is 0 Å². The number of hydrogen-bond donors (Lipinski definition) is 2. The lowest BCUT2D eigenvalue weighted by Crippen LogP contribution is -2.74. The van der Waals surface area contributed by atoms with Crippen LogP contribution in [0.5, 0.6) is 0 Å². The Morgan fingerprint density at radius 1 is 1.12 bits per heavy atom. The van der Waals surface area contributed by atoms with Gasteiger partial charge in [0, 0.05) is 29.3 Å². The van der Waals surface area contributed by atoms with E-state index in [2.05, 4.69) is 20.3 Å². The van der Waals surface area contributed by atoms with Crippen LogP contribution in [0.25, 0.3) is 17.0 Å². The third kappa shape index (κ3) is 2.70. The molecule has 4 aliphatic rings. The lowest BCUT2D eigenvalue weighted by Gasteiger charge is -2.67. The molecule has 8 rings (SSSR count). The zero-order chi connectivity index (χ0) is 22.4. The van der Waals surface area contributed by atoms with Gasteiger partial charge in [-0.2, -0.15) is 5.10 Å². The molecule has 0 unspecified atom stereocenters. The van der Waals surface area contributed by atoms with E-state index in [0.717, 1.165) is 49.6 Å². The Bertz CT molecular complexity index is 1390. The second-order valence-corrected chi connectivity index (χ2v) is 9.82. The van der Waals surface area contributed by atoms with Crippen LogP contribution in [-0.4, -0.2) is 41.9 Å². The summed E-state index contributed by atoms with van der Waals surface area (Å²) >= 11 is 0. The molecule has 1 atom stereocenters. The van der Waals surface area contributed by atoms with Crippen molar-refractivity contribution < 1.29 is 8.78 Å². The van der Waals surface area contributed by atoms with E-state index in [1.165, 1.54) is 12.1 Å². The van der Waals surface area contributed by atoms with Gasteiger partial charge in [-0.1, -0.05) is 0 Å². The van der Waals surface area contributed by atoms with E-state index < -0.39 is 11.6 Å². The van der Waals surface area contributed by atoms with Crippen LogP contribution >= 0.6 is 0 Å². The number of hydrogen-bond acceptors (Lipinski definition) is 6. The molecule has 2 bridgehead atoms. The summed E-state index contributed by atoms with van der Waals surface area (Å²) in [7, 11) is 0. The van der Waals surface area contributed by atoms with E-state index in [9.17, 15) is 8.78 Å². The monoisotopic (exact) mass is 448 g/mol. The van der Waals surface area contributed by atoms with Crippen molar-refractivity contribution in [3.05, 3.63) is 59.7 Å². The fourth-order valence-electron chi connectivity index (χ4n) is 6.06. The molecule has 10 heteroatoms. The van der Waals surface area contributed by atoms with Crippen LogP contribution in [0.15, 0.2) is 36.7 Å². The van der Waals surface area contributed by atoms with Crippen molar-refractivity contribution in [2.45, 2.75) is 49.1 Å². The van der Waals surface area contributed by atoms with Gasteiger partial charge in [0.15, 0.2) is 11.5 Å². The predicted octanol–water partition coefficient (Wildman–Crippen LogP) is 3.27. The van der Waals surface area contributed by atoms with Crippen molar-refractivity contribution in [2.24, 2.45) is 5.73 Å². The fourth-order valence-corrected chi connectivity index (χ4v) is 6.06. The third-order valence-corrected chi connectivity index (χ3v) is 7.53. The highest BCUT2D eigenvalue weighted by atomic mass is 19.1. The number of nitrogens with two attached hydrogens (primary N) is 1.